The second kappa shape index (κ2) is 4.77. The Morgan fingerprint density at radius 2 is 2.22 bits per heavy atom. The van der Waals surface area contributed by atoms with Crippen molar-refractivity contribution < 1.29 is 13.2 Å². The maximum Gasteiger partial charge on any atom is 0.259 e. The van der Waals surface area contributed by atoms with Crippen molar-refractivity contribution >= 4 is 22.0 Å². The summed E-state index contributed by atoms with van der Waals surface area (Å²) in [6.45, 7) is 0.190. The highest BCUT2D eigenvalue weighted by Crippen LogP contribution is 2.12. The Hall–Kier alpha value is -1.89. The van der Waals surface area contributed by atoms with Gasteiger partial charge < -0.3 is 0 Å². The normalized spacial score (nSPS) is 16.7. The summed E-state index contributed by atoms with van der Waals surface area (Å²) in [5, 5.41) is 4.95. The Kier molecular flexibility index (Phi) is 3.33. The molecular formula is C11H13N3O3S. The predicted octanol–water partition coefficient (Wildman–Crippen LogP) is 0.509. The van der Waals surface area contributed by atoms with E-state index < -0.39 is 15.9 Å². The van der Waals surface area contributed by atoms with Crippen molar-refractivity contribution in [3.63, 3.8) is 0 Å². The van der Waals surface area contributed by atoms with Crippen LogP contribution in [0.5, 0.6) is 0 Å². The van der Waals surface area contributed by atoms with Crippen molar-refractivity contribution in [2.24, 2.45) is 7.05 Å². The van der Waals surface area contributed by atoms with E-state index in [1.807, 2.05) is 0 Å². The van der Waals surface area contributed by atoms with Gasteiger partial charge in [0.1, 0.15) is 0 Å². The molecule has 1 aromatic rings. The van der Waals surface area contributed by atoms with Gasteiger partial charge in [0.25, 0.3) is 15.9 Å². The Bertz CT molecular complexity index is 613. The molecule has 0 N–H and O–H groups in total. The Balaban J connectivity index is 2.19. The predicted molar refractivity (Wildman–Crippen MR) is 66.6 cm³/mol. The number of amides is 1. The van der Waals surface area contributed by atoms with Crippen molar-refractivity contribution in [3.8, 4) is 0 Å². The number of aryl methyl sites for hydroxylation is 1. The van der Waals surface area contributed by atoms with Crippen LogP contribution in [-0.2, 0) is 21.9 Å². The van der Waals surface area contributed by atoms with Crippen LogP contribution in [0.3, 0.4) is 0 Å². The zero-order chi connectivity index (χ0) is 13.2. The molecule has 0 saturated heterocycles. The zero-order valence-corrected chi connectivity index (χ0v) is 10.7. The number of aromatic nitrogens is 2. The molecule has 0 unspecified atom stereocenters. The van der Waals surface area contributed by atoms with Crippen LogP contribution >= 0.6 is 0 Å². The summed E-state index contributed by atoms with van der Waals surface area (Å²) in [6.07, 6.45) is 8.14. The first kappa shape index (κ1) is 12.6. The van der Waals surface area contributed by atoms with Gasteiger partial charge in [-0.1, -0.05) is 6.08 Å². The fraction of sp³-hybridized carbons (Fsp3) is 0.273. The van der Waals surface area contributed by atoms with Gasteiger partial charge in [0.15, 0.2) is 0 Å². The van der Waals surface area contributed by atoms with Gasteiger partial charge in [-0.05, 0) is 12.5 Å². The average molecular weight is 267 g/mol. The van der Waals surface area contributed by atoms with E-state index in [2.05, 4.69) is 5.10 Å². The molecular weight excluding hydrogens is 254 g/mol. The highest BCUT2D eigenvalue weighted by molar-refractivity contribution is 7.92. The van der Waals surface area contributed by atoms with Crippen molar-refractivity contribution in [1.82, 2.24) is 14.1 Å². The molecule has 7 heteroatoms. The minimum Gasteiger partial charge on any atom is -0.275 e. The molecule has 0 bridgehead atoms. The number of carbonyl (C=O) groups excluding carboxylic acids is 1. The van der Waals surface area contributed by atoms with E-state index in [-0.39, 0.29) is 6.54 Å². The summed E-state index contributed by atoms with van der Waals surface area (Å²) < 4.78 is 26.3. The van der Waals surface area contributed by atoms with Gasteiger partial charge in [-0.15, -0.1) is 0 Å². The first-order chi connectivity index (χ1) is 8.49. The van der Waals surface area contributed by atoms with Gasteiger partial charge in [-0.25, -0.2) is 12.7 Å². The third-order valence-corrected chi connectivity index (χ3v) is 3.93. The van der Waals surface area contributed by atoms with Gasteiger partial charge in [0, 0.05) is 31.4 Å². The molecule has 1 aliphatic heterocycles. The van der Waals surface area contributed by atoms with Gasteiger partial charge >= 0.3 is 0 Å². The van der Waals surface area contributed by atoms with Crippen LogP contribution in [0.25, 0.3) is 6.08 Å². The number of rotatable bonds is 3. The lowest BCUT2D eigenvalue weighted by atomic mass is 10.3. The Morgan fingerprint density at radius 3 is 2.83 bits per heavy atom. The van der Waals surface area contributed by atoms with E-state index in [9.17, 15) is 13.2 Å². The molecule has 0 saturated carbocycles. The van der Waals surface area contributed by atoms with E-state index in [4.69, 9.17) is 0 Å². The highest BCUT2D eigenvalue weighted by Gasteiger charge is 2.24. The lowest BCUT2D eigenvalue weighted by Gasteiger charge is -2.20. The first-order valence-electron chi connectivity index (χ1n) is 5.39. The standard InChI is InChI=1S/C11H13N3O3S/c1-13-9-10(8-12-13)5-7-18(16,17)14-6-3-2-4-11(14)15/h2,4-5,7-9H,3,6H2,1H3/b7-5+. The molecule has 2 heterocycles. The monoisotopic (exact) mass is 267 g/mol. The summed E-state index contributed by atoms with van der Waals surface area (Å²) in [7, 11) is -1.97. The molecule has 0 aliphatic carbocycles. The SMILES string of the molecule is Cn1cc(/C=C/S(=O)(=O)N2CCC=CC2=O)cn1. The van der Waals surface area contributed by atoms with Gasteiger partial charge in [-0.3, -0.25) is 9.48 Å². The fourth-order valence-corrected chi connectivity index (χ4v) is 2.73. The van der Waals surface area contributed by atoms with E-state index in [1.54, 1.807) is 30.2 Å². The van der Waals surface area contributed by atoms with E-state index in [0.29, 0.717) is 12.0 Å². The summed E-state index contributed by atoms with van der Waals surface area (Å²) in [4.78, 5) is 11.5. The third kappa shape index (κ3) is 2.67. The van der Waals surface area contributed by atoms with E-state index in [1.165, 1.54) is 12.2 Å². The van der Waals surface area contributed by atoms with Gasteiger partial charge in [0.05, 0.1) is 11.6 Å². The average Bonchev–Trinajstić information content (AvgIpc) is 2.73. The molecule has 0 radical (unpaired) electrons. The van der Waals surface area contributed by atoms with Crippen molar-refractivity contribution in [2.75, 3.05) is 6.54 Å². The summed E-state index contributed by atoms with van der Waals surface area (Å²) in [5.74, 6) is -0.503. The highest BCUT2D eigenvalue weighted by atomic mass is 32.2. The van der Waals surface area contributed by atoms with Crippen LogP contribution < -0.4 is 0 Å². The molecule has 0 fully saturated rings. The first-order valence-corrected chi connectivity index (χ1v) is 6.89. The molecule has 1 aromatic heterocycles. The second-order valence-electron chi connectivity index (χ2n) is 3.90. The van der Waals surface area contributed by atoms with Crippen LogP contribution in [0.1, 0.15) is 12.0 Å². The lowest BCUT2D eigenvalue weighted by molar-refractivity contribution is -0.121. The maximum atomic E-state index is 11.9. The molecule has 0 spiro atoms. The number of sulfonamides is 1. The van der Waals surface area contributed by atoms with Crippen LogP contribution in [0.2, 0.25) is 0 Å². The topological polar surface area (TPSA) is 72.3 Å². The minimum atomic E-state index is -3.71. The third-order valence-electron chi connectivity index (χ3n) is 2.47. The fourth-order valence-electron chi connectivity index (χ4n) is 1.59. The quantitative estimate of drug-likeness (QED) is 0.800. The van der Waals surface area contributed by atoms with E-state index in [0.717, 1.165) is 9.71 Å². The number of hydrogen-bond donors (Lipinski definition) is 0. The lowest BCUT2D eigenvalue weighted by Crippen LogP contribution is -2.36. The van der Waals surface area contributed by atoms with Crippen LogP contribution in [-0.4, -0.2) is 35.0 Å². The number of carbonyl (C=O) groups is 1. The zero-order valence-electron chi connectivity index (χ0n) is 9.85. The molecule has 0 aromatic carbocycles. The van der Waals surface area contributed by atoms with Crippen molar-refractivity contribution in [1.29, 1.82) is 0 Å². The molecule has 6 nitrogen and oxygen atoms in total. The molecule has 1 aliphatic rings. The molecule has 1 amide bonds. The van der Waals surface area contributed by atoms with Crippen molar-refractivity contribution in [2.45, 2.75) is 6.42 Å². The molecule has 2 rings (SSSR count). The molecule has 18 heavy (non-hydrogen) atoms. The van der Waals surface area contributed by atoms with Gasteiger partial charge in [-0.2, -0.15) is 5.10 Å². The van der Waals surface area contributed by atoms with E-state index >= 15 is 0 Å². The van der Waals surface area contributed by atoms with Crippen molar-refractivity contribution in [3.05, 3.63) is 35.5 Å². The second-order valence-corrected chi connectivity index (χ2v) is 5.64. The summed E-state index contributed by atoms with van der Waals surface area (Å²) in [5.41, 5.74) is 0.668. The van der Waals surface area contributed by atoms with Crippen LogP contribution in [0.15, 0.2) is 30.0 Å². The smallest absolute Gasteiger partial charge is 0.259 e. The Labute approximate surface area is 105 Å². The maximum absolute atomic E-state index is 11.9. The minimum absolute atomic E-state index is 0.190. The van der Waals surface area contributed by atoms with Crippen LogP contribution in [0.4, 0.5) is 0 Å². The largest absolute Gasteiger partial charge is 0.275 e. The molecule has 0 atom stereocenters. The van der Waals surface area contributed by atoms with Crippen LogP contribution in [0, 0.1) is 0 Å². The number of hydrogen-bond acceptors (Lipinski definition) is 4. The van der Waals surface area contributed by atoms with Gasteiger partial charge in [0.2, 0.25) is 0 Å². The number of nitrogens with zero attached hydrogens (tertiary/aromatic N) is 3. The Morgan fingerprint density at radius 1 is 1.44 bits per heavy atom. The molecule has 96 valence electrons. The summed E-state index contributed by atoms with van der Waals surface area (Å²) in [6, 6.07) is 0. The summed E-state index contributed by atoms with van der Waals surface area (Å²) >= 11 is 0.